The van der Waals surface area contributed by atoms with Crippen molar-refractivity contribution in [1.29, 1.82) is 0 Å². The number of methoxy groups -OCH3 is 2. The minimum Gasteiger partial charge on any atom is -0.497 e. The Bertz CT molecular complexity index is 757. The van der Waals surface area contributed by atoms with Gasteiger partial charge in [0.1, 0.15) is 23.8 Å². The molecule has 0 radical (unpaired) electrons. The molecule has 0 bridgehead atoms. The Balaban J connectivity index is 2.24. The third kappa shape index (κ3) is 4.75. The summed E-state index contributed by atoms with van der Waals surface area (Å²) >= 11 is 0. The molecule has 8 heteroatoms. The highest BCUT2D eigenvalue weighted by Gasteiger charge is 2.21. The van der Waals surface area contributed by atoms with Gasteiger partial charge in [-0.25, -0.2) is 0 Å². The van der Waals surface area contributed by atoms with Gasteiger partial charge >= 0.3 is 5.97 Å². The summed E-state index contributed by atoms with van der Waals surface area (Å²) in [4.78, 5) is 25.2. The summed E-state index contributed by atoms with van der Waals surface area (Å²) in [6.45, 7) is 3.16. The normalized spacial score (nSPS) is 10.5. The largest absolute Gasteiger partial charge is 0.497 e. The Labute approximate surface area is 151 Å². The van der Waals surface area contributed by atoms with Crippen molar-refractivity contribution in [1.82, 2.24) is 10.1 Å². The predicted octanol–water partition coefficient (Wildman–Crippen LogP) is 1.96. The second kappa shape index (κ2) is 8.37. The summed E-state index contributed by atoms with van der Waals surface area (Å²) in [5.74, 6) is 0.255. The van der Waals surface area contributed by atoms with Crippen LogP contribution in [0.5, 0.6) is 11.5 Å². The van der Waals surface area contributed by atoms with E-state index in [2.05, 4.69) is 5.16 Å². The molecule has 8 nitrogen and oxygen atoms in total. The zero-order chi connectivity index (χ0) is 19.3. The first-order valence-corrected chi connectivity index (χ1v) is 7.97. The number of carbonyl (C=O) groups excluding carboxylic acids is 1. The number of aromatic nitrogens is 1. The van der Waals surface area contributed by atoms with Crippen LogP contribution in [0.4, 0.5) is 0 Å². The molecule has 1 aromatic carbocycles. The van der Waals surface area contributed by atoms with Gasteiger partial charge in [-0.05, 0) is 31.5 Å². The van der Waals surface area contributed by atoms with E-state index >= 15 is 0 Å². The highest BCUT2D eigenvalue weighted by atomic mass is 16.5. The maximum Gasteiger partial charge on any atom is 0.323 e. The van der Waals surface area contributed by atoms with Crippen molar-refractivity contribution < 1.29 is 28.7 Å². The number of ether oxygens (including phenoxy) is 2. The number of aryl methyl sites for hydroxylation is 2. The third-order valence-electron chi connectivity index (χ3n) is 3.97. The fourth-order valence-corrected chi connectivity index (χ4v) is 2.59. The number of hydrogen-bond donors (Lipinski definition) is 1. The van der Waals surface area contributed by atoms with Crippen LogP contribution in [-0.4, -0.2) is 47.8 Å². The summed E-state index contributed by atoms with van der Waals surface area (Å²) in [6.07, 6.45) is 0.0234. The van der Waals surface area contributed by atoms with Crippen LogP contribution in [0.15, 0.2) is 22.7 Å². The minimum atomic E-state index is -1.09. The van der Waals surface area contributed by atoms with Crippen molar-refractivity contribution in [3.63, 3.8) is 0 Å². The summed E-state index contributed by atoms with van der Waals surface area (Å²) < 4.78 is 15.5. The monoisotopic (exact) mass is 362 g/mol. The Morgan fingerprint density at radius 3 is 2.23 bits per heavy atom. The van der Waals surface area contributed by atoms with E-state index < -0.39 is 12.5 Å². The van der Waals surface area contributed by atoms with E-state index in [1.165, 1.54) is 19.1 Å². The minimum absolute atomic E-state index is 0.0234. The van der Waals surface area contributed by atoms with E-state index in [9.17, 15) is 14.7 Å². The molecular formula is C18H22N2O6. The Hall–Kier alpha value is -3.03. The number of nitrogens with zero attached hydrogens (tertiary/aromatic N) is 2. The molecule has 0 aliphatic heterocycles. The van der Waals surface area contributed by atoms with Gasteiger partial charge in [0.05, 0.1) is 26.3 Å². The molecule has 26 heavy (non-hydrogen) atoms. The van der Waals surface area contributed by atoms with Gasteiger partial charge in [-0.3, -0.25) is 9.59 Å². The molecule has 1 heterocycles. The van der Waals surface area contributed by atoms with Gasteiger partial charge in [-0.2, -0.15) is 0 Å². The fourth-order valence-electron chi connectivity index (χ4n) is 2.59. The molecule has 0 aliphatic carbocycles. The summed E-state index contributed by atoms with van der Waals surface area (Å²) in [5, 5.41) is 13.0. The van der Waals surface area contributed by atoms with Crippen molar-refractivity contribution >= 4 is 11.9 Å². The van der Waals surface area contributed by atoms with Crippen molar-refractivity contribution in [3.8, 4) is 11.5 Å². The molecule has 0 fully saturated rings. The van der Waals surface area contributed by atoms with Crippen LogP contribution < -0.4 is 9.47 Å². The van der Waals surface area contributed by atoms with Crippen LogP contribution in [0.2, 0.25) is 0 Å². The van der Waals surface area contributed by atoms with Crippen LogP contribution in [0.1, 0.15) is 22.6 Å². The fraction of sp³-hybridized carbons (Fsp3) is 0.389. The third-order valence-corrected chi connectivity index (χ3v) is 3.97. The Morgan fingerprint density at radius 1 is 1.15 bits per heavy atom. The highest BCUT2D eigenvalue weighted by molar-refractivity contribution is 5.83. The van der Waals surface area contributed by atoms with Crippen LogP contribution in [0.3, 0.4) is 0 Å². The highest BCUT2D eigenvalue weighted by Crippen LogP contribution is 2.24. The Kier molecular flexibility index (Phi) is 6.21. The lowest BCUT2D eigenvalue weighted by Crippen LogP contribution is -2.36. The number of hydrogen-bond acceptors (Lipinski definition) is 6. The van der Waals surface area contributed by atoms with E-state index in [1.54, 1.807) is 32.0 Å². The van der Waals surface area contributed by atoms with Gasteiger partial charge in [-0.1, -0.05) is 5.16 Å². The first-order valence-electron chi connectivity index (χ1n) is 7.97. The first kappa shape index (κ1) is 19.3. The van der Waals surface area contributed by atoms with Crippen LogP contribution in [-0.2, 0) is 22.6 Å². The van der Waals surface area contributed by atoms with Crippen LogP contribution in [0, 0.1) is 13.8 Å². The summed E-state index contributed by atoms with van der Waals surface area (Å²) in [7, 11) is 3.05. The van der Waals surface area contributed by atoms with Crippen molar-refractivity contribution in [2.24, 2.45) is 0 Å². The van der Waals surface area contributed by atoms with E-state index in [4.69, 9.17) is 14.0 Å². The SMILES string of the molecule is COc1cc(CN(CC(=O)O)C(=O)Cc2c(C)noc2C)cc(OC)c1. The lowest BCUT2D eigenvalue weighted by Gasteiger charge is -2.21. The molecule has 1 amide bonds. The Morgan fingerprint density at radius 2 is 1.77 bits per heavy atom. The molecule has 2 aromatic rings. The van der Waals surface area contributed by atoms with Gasteiger partial charge in [0.2, 0.25) is 5.91 Å². The van der Waals surface area contributed by atoms with Crippen molar-refractivity contribution in [2.75, 3.05) is 20.8 Å². The quantitative estimate of drug-likeness (QED) is 0.766. The van der Waals surface area contributed by atoms with Gasteiger partial charge in [0.25, 0.3) is 0 Å². The molecule has 0 aliphatic rings. The molecule has 1 aromatic heterocycles. The second-order valence-corrected chi connectivity index (χ2v) is 5.84. The zero-order valence-corrected chi connectivity index (χ0v) is 15.2. The number of amides is 1. The average molecular weight is 362 g/mol. The second-order valence-electron chi connectivity index (χ2n) is 5.84. The number of carbonyl (C=O) groups is 2. The molecule has 2 rings (SSSR count). The number of carboxylic acid groups (broad SMARTS) is 1. The number of aliphatic carboxylic acids is 1. The number of carboxylic acids is 1. The molecular weight excluding hydrogens is 340 g/mol. The lowest BCUT2D eigenvalue weighted by atomic mass is 10.1. The standard InChI is InChI=1S/C18H22N2O6/c1-11-16(12(2)26-19-11)8-17(21)20(10-18(22)23)9-13-5-14(24-3)7-15(6-13)25-4/h5-7H,8-10H2,1-4H3,(H,22,23). The first-order chi connectivity index (χ1) is 12.3. The number of rotatable bonds is 8. The zero-order valence-electron chi connectivity index (χ0n) is 15.2. The molecule has 0 saturated heterocycles. The average Bonchev–Trinajstić information content (AvgIpc) is 2.92. The predicted molar refractivity (Wildman–Crippen MR) is 92.3 cm³/mol. The van der Waals surface area contributed by atoms with Crippen LogP contribution in [0.25, 0.3) is 0 Å². The number of benzene rings is 1. The molecule has 1 N–H and O–H groups in total. The maximum atomic E-state index is 12.7. The molecule has 0 unspecified atom stereocenters. The molecule has 140 valence electrons. The van der Waals surface area contributed by atoms with E-state index in [0.717, 1.165) is 0 Å². The smallest absolute Gasteiger partial charge is 0.323 e. The molecule has 0 atom stereocenters. The van der Waals surface area contributed by atoms with Gasteiger partial charge in [-0.15, -0.1) is 0 Å². The van der Waals surface area contributed by atoms with E-state index in [-0.39, 0.29) is 18.9 Å². The van der Waals surface area contributed by atoms with Gasteiger partial charge in [0.15, 0.2) is 0 Å². The van der Waals surface area contributed by atoms with Gasteiger partial charge < -0.3 is 24.0 Å². The topological polar surface area (TPSA) is 102 Å². The lowest BCUT2D eigenvalue weighted by molar-refractivity contribution is -0.144. The van der Waals surface area contributed by atoms with E-state index in [0.29, 0.717) is 34.1 Å². The maximum absolute atomic E-state index is 12.7. The summed E-state index contributed by atoms with van der Waals surface area (Å²) in [5.41, 5.74) is 2.00. The molecule has 0 spiro atoms. The van der Waals surface area contributed by atoms with Crippen molar-refractivity contribution in [3.05, 3.63) is 40.8 Å². The summed E-state index contributed by atoms with van der Waals surface area (Å²) in [6, 6.07) is 5.18. The van der Waals surface area contributed by atoms with Crippen LogP contribution >= 0.6 is 0 Å². The molecule has 0 saturated carbocycles. The van der Waals surface area contributed by atoms with E-state index in [1.807, 2.05) is 0 Å². The van der Waals surface area contributed by atoms with Gasteiger partial charge in [0, 0.05) is 18.2 Å². The van der Waals surface area contributed by atoms with Crippen molar-refractivity contribution in [2.45, 2.75) is 26.8 Å².